The van der Waals surface area contributed by atoms with Crippen LogP contribution in [0.3, 0.4) is 0 Å². The molecular formula is C18H29NO2. The summed E-state index contributed by atoms with van der Waals surface area (Å²) in [4.78, 5) is 0. The van der Waals surface area contributed by atoms with Crippen LogP contribution in [0.5, 0.6) is 5.75 Å². The van der Waals surface area contributed by atoms with Crippen LogP contribution in [0.15, 0.2) is 24.3 Å². The predicted molar refractivity (Wildman–Crippen MR) is 86.5 cm³/mol. The molecule has 1 aromatic carbocycles. The van der Waals surface area contributed by atoms with Crippen molar-refractivity contribution in [3.8, 4) is 5.75 Å². The Morgan fingerprint density at radius 3 is 2.38 bits per heavy atom. The van der Waals surface area contributed by atoms with Gasteiger partial charge < -0.3 is 15.2 Å². The third-order valence-corrected chi connectivity index (χ3v) is 4.55. The van der Waals surface area contributed by atoms with Gasteiger partial charge in [0.25, 0.3) is 0 Å². The van der Waals surface area contributed by atoms with Crippen LogP contribution in [0.1, 0.15) is 58.1 Å². The summed E-state index contributed by atoms with van der Waals surface area (Å²) in [6, 6.07) is 7.96. The van der Waals surface area contributed by atoms with Crippen LogP contribution >= 0.6 is 0 Å². The van der Waals surface area contributed by atoms with E-state index in [1.165, 1.54) is 12.8 Å². The van der Waals surface area contributed by atoms with Crippen molar-refractivity contribution >= 4 is 0 Å². The molecule has 1 aliphatic carbocycles. The molecule has 3 heteroatoms. The van der Waals surface area contributed by atoms with E-state index in [0.29, 0.717) is 11.5 Å². The van der Waals surface area contributed by atoms with E-state index in [-0.39, 0.29) is 12.1 Å². The molecule has 0 radical (unpaired) electrons. The molecule has 1 aromatic rings. The fourth-order valence-corrected chi connectivity index (χ4v) is 3.10. The molecule has 0 bridgehead atoms. The van der Waals surface area contributed by atoms with Crippen LogP contribution in [0, 0.1) is 5.41 Å². The maximum Gasteiger partial charge on any atom is 0.124 e. The van der Waals surface area contributed by atoms with Gasteiger partial charge in [-0.25, -0.2) is 0 Å². The van der Waals surface area contributed by atoms with Crippen molar-refractivity contribution in [3.05, 3.63) is 29.8 Å². The van der Waals surface area contributed by atoms with Crippen LogP contribution in [0.4, 0.5) is 0 Å². The highest BCUT2D eigenvalue weighted by atomic mass is 16.5. The number of hydrogen-bond acceptors (Lipinski definition) is 3. The maximum absolute atomic E-state index is 6.37. The second-order valence-corrected chi connectivity index (χ2v) is 7.02. The molecule has 0 spiro atoms. The van der Waals surface area contributed by atoms with Gasteiger partial charge in [0.2, 0.25) is 0 Å². The molecule has 1 aliphatic rings. The van der Waals surface area contributed by atoms with Gasteiger partial charge in [0, 0.05) is 11.6 Å². The Bertz CT molecular complexity index is 446. The minimum atomic E-state index is -0.104. The highest BCUT2D eigenvalue weighted by Gasteiger charge is 2.30. The van der Waals surface area contributed by atoms with Crippen molar-refractivity contribution < 1.29 is 9.47 Å². The quantitative estimate of drug-likeness (QED) is 0.889. The summed E-state index contributed by atoms with van der Waals surface area (Å²) >= 11 is 0. The Morgan fingerprint density at radius 2 is 1.81 bits per heavy atom. The second kappa shape index (κ2) is 6.80. The molecular weight excluding hydrogens is 262 g/mol. The van der Waals surface area contributed by atoms with E-state index in [0.717, 1.165) is 24.2 Å². The average molecular weight is 291 g/mol. The molecule has 0 aromatic heterocycles. The number of rotatable bonds is 5. The van der Waals surface area contributed by atoms with Crippen molar-refractivity contribution in [1.29, 1.82) is 0 Å². The molecule has 0 aliphatic heterocycles. The van der Waals surface area contributed by atoms with Crippen molar-refractivity contribution in [3.63, 3.8) is 0 Å². The first-order valence-corrected chi connectivity index (χ1v) is 7.97. The average Bonchev–Trinajstić information content (AvgIpc) is 2.46. The lowest BCUT2D eigenvalue weighted by molar-refractivity contribution is -0.0556. The normalized spacial score (nSPS) is 21.8. The van der Waals surface area contributed by atoms with Gasteiger partial charge in [0.1, 0.15) is 11.9 Å². The largest absolute Gasteiger partial charge is 0.496 e. The second-order valence-electron chi connectivity index (χ2n) is 7.02. The first-order chi connectivity index (χ1) is 9.93. The molecule has 2 N–H and O–H groups in total. The molecule has 118 valence electrons. The summed E-state index contributed by atoms with van der Waals surface area (Å²) in [5, 5.41) is 0. The van der Waals surface area contributed by atoms with Crippen LogP contribution in [-0.2, 0) is 4.74 Å². The first-order valence-electron chi connectivity index (χ1n) is 7.97. The summed E-state index contributed by atoms with van der Waals surface area (Å²) < 4.78 is 11.8. The highest BCUT2D eigenvalue weighted by molar-refractivity contribution is 5.35. The predicted octanol–water partition coefficient (Wildman–Crippen LogP) is 4.07. The molecule has 2 unspecified atom stereocenters. The van der Waals surface area contributed by atoms with Crippen molar-refractivity contribution in [2.75, 3.05) is 7.11 Å². The van der Waals surface area contributed by atoms with E-state index < -0.39 is 0 Å². The fraction of sp³-hybridized carbons (Fsp3) is 0.667. The topological polar surface area (TPSA) is 44.5 Å². The molecule has 2 atom stereocenters. The third kappa shape index (κ3) is 4.21. The van der Waals surface area contributed by atoms with Gasteiger partial charge in [-0.1, -0.05) is 32.0 Å². The number of hydrogen-bond donors (Lipinski definition) is 1. The minimum Gasteiger partial charge on any atom is -0.496 e. The van der Waals surface area contributed by atoms with E-state index in [4.69, 9.17) is 15.2 Å². The lowest BCUT2D eigenvalue weighted by Gasteiger charge is -2.37. The van der Waals surface area contributed by atoms with E-state index in [1.54, 1.807) is 7.11 Å². The van der Waals surface area contributed by atoms with Gasteiger partial charge in [0.15, 0.2) is 0 Å². The highest BCUT2D eigenvalue weighted by Crippen LogP contribution is 2.39. The van der Waals surface area contributed by atoms with Crippen LogP contribution in [0.2, 0.25) is 0 Å². The monoisotopic (exact) mass is 291 g/mol. The third-order valence-electron chi connectivity index (χ3n) is 4.55. The zero-order valence-electron chi connectivity index (χ0n) is 13.8. The number of ether oxygens (including phenoxy) is 2. The zero-order valence-corrected chi connectivity index (χ0v) is 13.8. The molecule has 21 heavy (non-hydrogen) atoms. The fourth-order valence-electron chi connectivity index (χ4n) is 3.10. The summed E-state index contributed by atoms with van der Waals surface area (Å²) in [6.45, 7) is 6.68. The van der Waals surface area contributed by atoms with Crippen molar-refractivity contribution in [2.45, 2.75) is 64.7 Å². The van der Waals surface area contributed by atoms with Gasteiger partial charge in [-0.2, -0.15) is 0 Å². The lowest BCUT2D eigenvalue weighted by atomic mass is 9.76. The molecule has 1 fully saturated rings. The van der Waals surface area contributed by atoms with Gasteiger partial charge in [-0.15, -0.1) is 0 Å². The van der Waals surface area contributed by atoms with Crippen LogP contribution in [0.25, 0.3) is 0 Å². The molecule has 2 rings (SSSR count). The summed E-state index contributed by atoms with van der Waals surface area (Å²) in [5.41, 5.74) is 7.69. The zero-order chi connectivity index (χ0) is 15.5. The van der Waals surface area contributed by atoms with Crippen molar-refractivity contribution in [1.82, 2.24) is 0 Å². The van der Waals surface area contributed by atoms with Crippen LogP contribution in [-0.4, -0.2) is 19.3 Å². The Balaban J connectivity index is 2.10. The van der Waals surface area contributed by atoms with Crippen molar-refractivity contribution in [2.24, 2.45) is 11.1 Å². The summed E-state index contributed by atoms with van der Waals surface area (Å²) in [5.74, 6) is 0.857. The maximum atomic E-state index is 6.37. The Kier molecular flexibility index (Phi) is 5.28. The minimum absolute atomic E-state index is 0.0590. The van der Waals surface area contributed by atoms with Gasteiger partial charge in [0.05, 0.1) is 13.2 Å². The first kappa shape index (κ1) is 16.3. The van der Waals surface area contributed by atoms with Gasteiger partial charge in [-0.05, 0) is 44.1 Å². The van der Waals surface area contributed by atoms with Gasteiger partial charge >= 0.3 is 0 Å². The molecule has 0 saturated heterocycles. The number of para-hydroxylation sites is 1. The lowest BCUT2D eigenvalue weighted by Crippen LogP contribution is -2.33. The van der Waals surface area contributed by atoms with E-state index in [2.05, 4.69) is 19.9 Å². The standard InChI is InChI=1S/C18H29NO2/c1-13(19)17(15-7-5-6-8-16(15)20-4)21-14-9-11-18(2,3)12-10-14/h5-8,13-14,17H,9-12,19H2,1-4H3. The molecule has 0 amide bonds. The van der Waals surface area contributed by atoms with E-state index >= 15 is 0 Å². The van der Waals surface area contributed by atoms with Crippen LogP contribution < -0.4 is 10.5 Å². The smallest absolute Gasteiger partial charge is 0.124 e. The number of benzene rings is 1. The Hall–Kier alpha value is -1.06. The summed E-state index contributed by atoms with van der Waals surface area (Å²) in [6.07, 6.45) is 4.87. The Morgan fingerprint density at radius 1 is 1.19 bits per heavy atom. The SMILES string of the molecule is COc1ccccc1C(OC1CCC(C)(C)CC1)C(C)N. The van der Waals surface area contributed by atoms with Gasteiger partial charge in [-0.3, -0.25) is 0 Å². The van der Waals surface area contributed by atoms with E-state index in [1.807, 2.05) is 25.1 Å². The van der Waals surface area contributed by atoms with E-state index in [9.17, 15) is 0 Å². The molecule has 0 heterocycles. The summed E-state index contributed by atoms with van der Waals surface area (Å²) in [7, 11) is 1.69. The number of nitrogens with two attached hydrogens (primary N) is 1. The number of methoxy groups -OCH3 is 1. The molecule has 1 saturated carbocycles. The Labute approximate surface area is 128 Å². The molecule has 3 nitrogen and oxygen atoms in total.